The van der Waals surface area contributed by atoms with Crippen LogP contribution in [0, 0.1) is 5.92 Å². The molecule has 1 fully saturated rings. The van der Waals surface area contributed by atoms with E-state index in [1.165, 1.54) is 0 Å². The molecule has 1 aromatic rings. The normalized spacial score (nSPS) is 16.6. The number of aliphatic carboxylic acids is 1. The largest absolute Gasteiger partial charge is 0.481 e. The van der Waals surface area contributed by atoms with Crippen LogP contribution in [0.2, 0.25) is 5.02 Å². The summed E-state index contributed by atoms with van der Waals surface area (Å²) in [6, 6.07) is 6.74. The predicted molar refractivity (Wildman–Crippen MR) is 67.7 cm³/mol. The Hall–Kier alpha value is -1.55. The summed E-state index contributed by atoms with van der Waals surface area (Å²) in [5, 5.41) is 9.49. The van der Waals surface area contributed by atoms with Gasteiger partial charge in [-0.1, -0.05) is 11.6 Å². The van der Waals surface area contributed by atoms with E-state index in [4.69, 9.17) is 16.7 Å². The zero-order valence-corrected chi connectivity index (χ0v) is 10.6. The van der Waals surface area contributed by atoms with Gasteiger partial charge in [0.05, 0.1) is 5.92 Å². The lowest BCUT2D eigenvalue weighted by Crippen LogP contribution is -2.40. The lowest BCUT2D eigenvalue weighted by Gasteiger charge is -2.30. The smallest absolute Gasteiger partial charge is 0.306 e. The maximum atomic E-state index is 12.1. The SMILES string of the molecule is O=C(O)C1CCN(C(=O)c2ccc(Cl)cc2)CC1. The summed E-state index contributed by atoms with van der Waals surface area (Å²) in [4.78, 5) is 24.6. The fourth-order valence-electron chi connectivity index (χ4n) is 2.10. The van der Waals surface area contributed by atoms with Crippen molar-refractivity contribution in [2.75, 3.05) is 13.1 Å². The Morgan fingerprint density at radius 3 is 2.22 bits per heavy atom. The molecule has 0 aromatic heterocycles. The first-order valence-corrected chi connectivity index (χ1v) is 6.23. The molecule has 1 aliphatic rings. The van der Waals surface area contributed by atoms with Gasteiger partial charge in [0.15, 0.2) is 0 Å². The monoisotopic (exact) mass is 267 g/mol. The highest BCUT2D eigenvalue weighted by Crippen LogP contribution is 2.19. The number of hydrogen-bond acceptors (Lipinski definition) is 2. The molecule has 96 valence electrons. The lowest BCUT2D eigenvalue weighted by molar-refractivity contribution is -0.143. The highest BCUT2D eigenvalue weighted by molar-refractivity contribution is 6.30. The Bertz CT molecular complexity index is 450. The van der Waals surface area contributed by atoms with Crippen LogP contribution >= 0.6 is 11.6 Å². The third-order valence-electron chi connectivity index (χ3n) is 3.22. The Morgan fingerprint density at radius 2 is 1.72 bits per heavy atom. The maximum Gasteiger partial charge on any atom is 0.306 e. The van der Waals surface area contributed by atoms with E-state index in [9.17, 15) is 9.59 Å². The van der Waals surface area contributed by atoms with E-state index in [1.54, 1.807) is 29.2 Å². The number of rotatable bonds is 2. The highest BCUT2D eigenvalue weighted by Gasteiger charge is 2.27. The van der Waals surface area contributed by atoms with Crippen molar-refractivity contribution in [3.63, 3.8) is 0 Å². The average molecular weight is 268 g/mol. The zero-order chi connectivity index (χ0) is 13.1. The molecule has 0 radical (unpaired) electrons. The Labute approximate surface area is 110 Å². The standard InChI is InChI=1S/C13H14ClNO3/c14-11-3-1-9(2-4-11)12(16)15-7-5-10(6-8-15)13(17)18/h1-4,10H,5-8H2,(H,17,18). The molecule has 0 saturated carbocycles. The van der Waals surface area contributed by atoms with Gasteiger partial charge < -0.3 is 10.0 Å². The number of piperidine rings is 1. The molecule has 4 nitrogen and oxygen atoms in total. The average Bonchev–Trinajstić information content (AvgIpc) is 2.39. The van der Waals surface area contributed by atoms with Crippen LogP contribution in [-0.2, 0) is 4.79 Å². The Kier molecular flexibility index (Phi) is 3.87. The van der Waals surface area contributed by atoms with Crippen molar-refractivity contribution in [2.24, 2.45) is 5.92 Å². The third-order valence-corrected chi connectivity index (χ3v) is 3.47. The number of carbonyl (C=O) groups is 2. The number of benzene rings is 1. The van der Waals surface area contributed by atoms with Gasteiger partial charge in [-0.25, -0.2) is 0 Å². The van der Waals surface area contributed by atoms with Gasteiger partial charge in [0.25, 0.3) is 5.91 Å². The number of carboxylic acid groups (broad SMARTS) is 1. The van der Waals surface area contributed by atoms with Crippen LogP contribution < -0.4 is 0 Å². The minimum absolute atomic E-state index is 0.0597. The third kappa shape index (κ3) is 2.82. The molecule has 0 atom stereocenters. The molecule has 0 spiro atoms. The number of carbonyl (C=O) groups excluding carboxylic acids is 1. The number of nitrogens with zero attached hydrogens (tertiary/aromatic N) is 1. The molecular formula is C13H14ClNO3. The second-order valence-corrected chi connectivity index (χ2v) is 4.85. The van der Waals surface area contributed by atoms with Gasteiger partial charge in [0.2, 0.25) is 0 Å². The molecule has 5 heteroatoms. The number of hydrogen-bond donors (Lipinski definition) is 1. The van der Waals surface area contributed by atoms with Gasteiger partial charge in [0, 0.05) is 23.7 Å². The van der Waals surface area contributed by atoms with Crippen LogP contribution in [0.15, 0.2) is 24.3 Å². The summed E-state index contributed by atoms with van der Waals surface area (Å²) in [6.07, 6.45) is 1.04. The summed E-state index contributed by atoms with van der Waals surface area (Å²) in [5.74, 6) is -1.15. The van der Waals surface area contributed by atoms with E-state index in [1.807, 2.05) is 0 Å². The van der Waals surface area contributed by atoms with Gasteiger partial charge in [-0.3, -0.25) is 9.59 Å². The van der Waals surface area contributed by atoms with E-state index in [0.29, 0.717) is 36.5 Å². The van der Waals surface area contributed by atoms with Crippen molar-refractivity contribution in [3.8, 4) is 0 Å². The molecule has 2 rings (SSSR count). The minimum atomic E-state index is -0.770. The number of amides is 1. The summed E-state index contributed by atoms with van der Waals surface area (Å²) < 4.78 is 0. The Morgan fingerprint density at radius 1 is 1.17 bits per heavy atom. The summed E-state index contributed by atoms with van der Waals surface area (Å²) in [7, 11) is 0. The molecule has 1 aromatic carbocycles. The van der Waals surface area contributed by atoms with Crippen LogP contribution in [0.1, 0.15) is 23.2 Å². The number of likely N-dealkylation sites (tertiary alicyclic amines) is 1. The van der Waals surface area contributed by atoms with Crippen LogP contribution in [-0.4, -0.2) is 35.0 Å². The summed E-state index contributed by atoms with van der Waals surface area (Å²) in [6.45, 7) is 0.997. The van der Waals surface area contributed by atoms with E-state index >= 15 is 0 Å². The number of halogens is 1. The van der Waals surface area contributed by atoms with Gasteiger partial charge in [-0.2, -0.15) is 0 Å². The van der Waals surface area contributed by atoms with Gasteiger partial charge in [-0.05, 0) is 37.1 Å². The van der Waals surface area contributed by atoms with E-state index in [2.05, 4.69) is 0 Å². The first-order valence-electron chi connectivity index (χ1n) is 5.85. The summed E-state index contributed by atoms with van der Waals surface area (Å²) >= 11 is 5.77. The van der Waals surface area contributed by atoms with Crippen molar-refractivity contribution >= 4 is 23.5 Å². The highest BCUT2D eigenvalue weighted by atomic mass is 35.5. The number of carboxylic acids is 1. The molecule has 1 heterocycles. The molecule has 18 heavy (non-hydrogen) atoms. The first kappa shape index (κ1) is 12.9. The topological polar surface area (TPSA) is 57.6 Å². The van der Waals surface area contributed by atoms with Crippen LogP contribution in [0.3, 0.4) is 0 Å². The van der Waals surface area contributed by atoms with Crippen molar-refractivity contribution < 1.29 is 14.7 Å². The van der Waals surface area contributed by atoms with Crippen LogP contribution in [0.25, 0.3) is 0 Å². The molecule has 1 aliphatic heterocycles. The van der Waals surface area contributed by atoms with E-state index in [-0.39, 0.29) is 11.8 Å². The fourth-order valence-corrected chi connectivity index (χ4v) is 2.23. The molecule has 1 amide bonds. The second-order valence-electron chi connectivity index (χ2n) is 4.41. The second kappa shape index (κ2) is 5.40. The predicted octanol–water partition coefficient (Wildman–Crippen LogP) is 2.28. The minimum Gasteiger partial charge on any atom is -0.481 e. The first-order chi connectivity index (χ1) is 8.58. The maximum absolute atomic E-state index is 12.1. The zero-order valence-electron chi connectivity index (χ0n) is 9.80. The Balaban J connectivity index is 1.99. The molecule has 1 N–H and O–H groups in total. The molecule has 1 saturated heterocycles. The van der Waals surface area contributed by atoms with Crippen molar-refractivity contribution in [1.82, 2.24) is 4.90 Å². The van der Waals surface area contributed by atoms with Gasteiger partial charge in [0.1, 0.15) is 0 Å². The van der Waals surface area contributed by atoms with Crippen molar-refractivity contribution in [2.45, 2.75) is 12.8 Å². The molecule has 0 aliphatic carbocycles. The van der Waals surface area contributed by atoms with Gasteiger partial charge >= 0.3 is 5.97 Å². The lowest BCUT2D eigenvalue weighted by atomic mass is 9.96. The van der Waals surface area contributed by atoms with Crippen LogP contribution in [0.5, 0.6) is 0 Å². The van der Waals surface area contributed by atoms with Crippen molar-refractivity contribution in [3.05, 3.63) is 34.9 Å². The fraction of sp³-hybridized carbons (Fsp3) is 0.385. The summed E-state index contributed by atoms with van der Waals surface area (Å²) in [5.41, 5.74) is 0.591. The quantitative estimate of drug-likeness (QED) is 0.894. The van der Waals surface area contributed by atoms with Crippen LogP contribution in [0.4, 0.5) is 0 Å². The molecule has 0 bridgehead atoms. The van der Waals surface area contributed by atoms with Gasteiger partial charge in [-0.15, -0.1) is 0 Å². The molecule has 0 unspecified atom stereocenters. The van der Waals surface area contributed by atoms with Crippen molar-refractivity contribution in [1.29, 1.82) is 0 Å². The van der Waals surface area contributed by atoms with E-state index < -0.39 is 5.97 Å². The molecular weight excluding hydrogens is 254 g/mol. The van der Waals surface area contributed by atoms with E-state index in [0.717, 1.165) is 0 Å².